The first-order valence-electron chi connectivity index (χ1n) is 10.8. The molecular weight excluding hydrogens is 442 g/mol. The zero-order valence-electron chi connectivity index (χ0n) is 18.2. The third-order valence-electron chi connectivity index (χ3n) is 6.09. The Morgan fingerprint density at radius 2 is 1.78 bits per heavy atom. The van der Waals surface area contributed by atoms with Crippen molar-refractivity contribution in [1.82, 2.24) is 20.2 Å². The van der Waals surface area contributed by atoms with Gasteiger partial charge in [0.2, 0.25) is 5.89 Å². The van der Waals surface area contributed by atoms with Gasteiger partial charge in [0.25, 0.3) is 5.92 Å². The van der Waals surface area contributed by atoms with Crippen LogP contribution in [0.2, 0.25) is 0 Å². The highest BCUT2D eigenvalue weighted by atomic mass is 32.2. The minimum atomic E-state index is -3.00. The smallest absolute Gasteiger partial charge is 0.354 e. The van der Waals surface area contributed by atoms with Crippen LogP contribution >= 0.6 is 0 Å². The molecule has 2 saturated heterocycles. The Bertz CT molecular complexity index is 1010. The second kappa shape index (κ2) is 9.03. The van der Waals surface area contributed by atoms with E-state index < -0.39 is 15.8 Å². The highest BCUT2D eigenvalue weighted by Crippen LogP contribution is 2.37. The molecule has 0 aliphatic carbocycles. The standard InChI is InChI=1S/C21H28F2N4O4S/c1-3-30-20-24-19(31-25-20)17-12-16(15-4-6-18(7-5-15)21(2,22)23)13-27(14-17)26-8-10-32(28,29)11-9-26/h4-7,16-17H,3,8-14H2,1-2H3. The van der Waals surface area contributed by atoms with E-state index in [4.69, 9.17) is 9.26 Å². The molecule has 2 atom stereocenters. The average molecular weight is 471 g/mol. The maximum absolute atomic E-state index is 13.6. The molecule has 4 rings (SSSR count). The number of hydrogen-bond donors (Lipinski definition) is 0. The van der Waals surface area contributed by atoms with Crippen molar-refractivity contribution >= 4 is 9.84 Å². The van der Waals surface area contributed by atoms with Crippen molar-refractivity contribution in [2.75, 3.05) is 44.3 Å². The minimum Gasteiger partial charge on any atom is -0.462 e. The number of ether oxygens (including phenoxy) is 1. The van der Waals surface area contributed by atoms with Gasteiger partial charge in [0.1, 0.15) is 0 Å². The van der Waals surface area contributed by atoms with E-state index in [1.807, 2.05) is 6.92 Å². The molecule has 11 heteroatoms. The second-order valence-electron chi connectivity index (χ2n) is 8.47. The van der Waals surface area contributed by atoms with Crippen molar-refractivity contribution in [1.29, 1.82) is 0 Å². The van der Waals surface area contributed by atoms with Crippen LogP contribution in [0.5, 0.6) is 6.01 Å². The van der Waals surface area contributed by atoms with Gasteiger partial charge in [-0.25, -0.2) is 27.2 Å². The summed E-state index contributed by atoms with van der Waals surface area (Å²) in [6.45, 7) is 5.27. The molecule has 2 fully saturated rings. The Balaban J connectivity index is 1.57. The highest BCUT2D eigenvalue weighted by Gasteiger charge is 2.37. The number of piperidine rings is 1. The zero-order chi connectivity index (χ0) is 22.9. The molecule has 0 saturated carbocycles. The summed E-state index contributed by atoms with van der Waals surface area (Å²) in [5.74, 6) is -2.25. The van der Waals surface area contributed by atoms with Crippen LogP contribution in [0, 0.1) is 0 Å². The first kappa shape index (κ1) is 23.1. The number of hydrazine groups is 1. The second-order valence-corrected chi connectivity index (χ2v) is 10.8. The van der Waals surface area contributed by atoms with E-state index in [2.05, 4.69) is 20.2 Å². The largest absolute Gasteiger partial charge is 0.462 e. The predicted molar refractivity (Wildman–Crippen MR) is 113 cm³/mol. The van der Waals surface area contributed by atoms with E-state index in [0.717, 1.165) is 12.5 Å². The lowest BCUT2D eigenvalue weighted by atomic mass is 9.84. The number of alkyl halides is 2. The summed E-state index contributed by atoms with van der Waals surface area (Å²) >= 11 is 0. The lowest BCUT2D eigenvalue weighted by Gasteiger charge is -2.44. The molecule has 1 aromatic heterocycles. The summed E-state index contributed by atoms with van der Waals surface area (Å²) < 4.78 is 61.8. The van der Waals surface area contributed by atoms with Gasteiger partial charge in [0, 0.05) is 38.7 Å². The molecule has 0 spiro atoms. The molecule has 8 nitrogen and oxygen atoms in total. The third-order valence-corrected chi connectivity index (χ3v) is 7.70. The molecule has 32 heavy (non-hydrogen) atoms. The van der Waals surface area contributed by atoms with Gasteiger partial charge in [-0.3, -0.25) is 0 Å². The van der Waals surface area contributed by atoms with E-state index in [0.29, 0.717) is 45.1 Å². The summed E-state index contributed by atoms with van der Waals surface area (Å²) in [5, 5.41) is 8.07. The van der Waals surface area contributed by atoms with E-state index >= 15 is 0 Å². The number of nitrogens with zero attached hydrogens (tertiary/aromatic N) is 4. The maximum atomic E-state index is 13.6. The van der Waals surface area contributed by atoms with Gasteiger partial charge in [-0.1, -0.05) is 24.3 Å². The maximum Gasteiger partial charge on any atom is 0.354 e. The molecule has 0 N–H and O–H groups in total. The molecule has 2 aliphatic rings. The lowest BCUT2D eigenvalue weighted by Crippen LogP contribution is -2.54. The fraction of sp³-hybridized carbons (Fsp3) is 0.619. The summed E-state index contributed by atoms with van der Waals surface area (Å²) in [5.41, 5.74) is 0.923. The third kappa shape index (κ3) is 5.26. The van der Waals surface area contributed by atoms with Crippen LogP contribution in [-0.2, 0) is 15.8 Å². The fourth-order valence-corrected chi connectivity index (χ4v) is 5.52. The predicted octanol–water partition coefficient (Wildman–Crippen LogP) is 2.80. The number of aromatic nitrogens is 2. The number of rotatable bonds is 6. The van der Waals surface area contributed by atoms with E-state index in [-0.39, 0.29) is 34.9 Å². The van der Waals surface area contributed by atoms with Gasteiger partial charge in [-0.15, -0.1) is 0 Å². The molecule has 0 amide bonds. The normalized spacial score (nSPS) is 25.0. The van der Waals surface area contributed by atoms with Crippen LogP contribution in [0.4, 0.5) is 8.78 Å². The quantitative estimate of drug-likeness (QED) is 0.637. The minimum absolute atomic E-state index is 0.0232. The molecule has 2 aliphatic heterocycles. The first-order chi connectivity index (χ1) is 15.1. The van der Waals surface area contributed by atoms with Crippen molar-refractivity contribution in [3.63, 3.8) is 0 Å². The van der Waals surface area contributed by atoms with Crippen molar-refractivity contribution in [2.24, 2.45) is 0 Å². The molecule has 2 unspecified atom stereocenters. The molecule has 0 bridgehead atoms. The van der Waals surface area contributed by atoms with Crippen molar-refractivity contribution in [3.8, 4) is 6.01 Å². The molecule has 2 aromatic rings. The highest BCUT2D eigenvalue weighted by molar-refractivity contribution is 7.91. The Morgan fingerprint density at radius 3 is 2.41 bits per heavy atom. The van der Waals surface area contributed by atoms with Crippen LogP contribution in [0.1, 0.15) is 49.1 Å². The topological polar surface area (TPSA) is 88.8 Å². The van der Waals surface area contributed by atoms with Gasteiger partial charge in [-0.05, 0) is 30.0 Å². The molecule has 176 valence electrons. The van der Waals surface area contributed by atoms with Crippen LogP contribution in [-0.4, -0.2) is 72.9 Å². The fourth-order valence-electron chi connectivity index (χ4n) is 4.34. The molecule has 3 heterocycles. The van der Waals surface area contributed by atoms with Gasteiger partial charge in [0.15, 0.2) is 9.84 Å². The number of benzene rings is 1. The van der Waals surface area contributed by atoms with Crippen molar-refractivity contribution in [3.05, 3.63) is 41.3 Å². The van der Waals surface area contributed by atoms with Crippen LogP contribution in [0.3, 0.4) is 0 Å². The summed E-state index contributed by atoms with van der Waals surface area (Å²) in [4.78, 5) is 4.36. The first-order valence-corrected chi connectivity index (χ1v) is 12.6. The monoisotopic (exact) mass is 470 g/mol. The molecular formula is C21H28F2N4O4S. The number of sulfone groups is 1. The molecule has 1 aromatic carbocycles. The van der Waals surface area contributed by atoms with Gasteiger partial charge >= 0.3 is 6.01 Å². The Kier molecular flexibility index (Phi) is 6.51. The number of hydrogen-bond acceptors (Lipinski definition) is 8. The van der Waals surface area contributed by atoms with Crippen LogP contribution in [0.15, 0.2) is 28.8 Å². The Labute approximate surface area is 186 Å². The SMILES string of the molecule is CCOc1noc(C2CC(c3ccc(C(C)(F)F)cc3)CN(N3CCS(=O)(=O)CC3)C2)n1. The molecule has 0 radical (unpaired) electrons. The summed E-state index contributed by atoms with van der Waals surface area (Å²) in [6.07, 6.45) is 0.707. The van der Waals surface area contributed by atoms with Gasteiger partial charge in [-0.2, -0.15) is 4.98 Å². The van der Waals surface area contributed by atoms with Crippen molar-refractivity contribution < 1.29 is 26.5 Å². The number of halogens is 2. The lowest BCUT2D eigenvalue weighted by molar-refractivity contribution is -0.0479. The van der Waals surface area contributed by atoms with Crippen molar-refractivity contribution in [2.45, 2.75) is 38.0 Å². The Morgan fingerprint density at radius 1 is 1.12 bits per heavy atom. The van der Waals surface area contributed by atoms with Gasteiger partial charge in [0.05, 0.1) is 24.0 Å². The van der Waals surface area contributed by atoms with Gasteiger partial charge < -0.3 is 9.26 Å². The summed E-state index contributed by atoms with van der Waals surface area (Å²) in [6, 6.07) is 6.62. The van der Waals surface area contributed by atoms with Crippen LogP contribution in [0.25, 0.3) is 0 Å². The van der Waals surface area contributed by atoms with E-state index in [1.54, 1.807) is 12.1 Å². The average Bonchev–Trinajstić information content (AvgIpc) is 3.22. The summed E-state index contributed by atoms with van der Waals surface area (Å²) in [7, 11) is -3.00. The Hall–Kier alpha value is -2.11. The van der Waals surface area contributed by atoms with E-state index in [1.165, 1.54) is 12.1 Å². The zero-order valence-corrected chi connectivity index (χ0v) is 19.0. The van der Waals surface area contributed by atoms with Crippen LogP contribution < -0.4 is 4.74 Å². The van der Waals surface area contributed by atoms with E-state index in [9.17, 15) is 17.2 Å².